The highest BCUT2D eigenvalue weighted by atomic mass is 16.5. The minimum absolute atomic E-state index is 0.102. The summed E-state index contributed by atoms with van der Waals surface area (Å²) in [5.74, 6) is 1.01. The van der Waals surface area contributed by atoms with Crippen molar-refractivity contribution in [2.75, 3.05) is 27.2 Å². The number of hydrogen-bond donors (Lipinski definition) is 1. The molecule has 0 atom stereocenters. The molecule has 0 aliphatic carbocycles. The van der Waals surface area contributed by atoms with Crippen LogP contribution in [0.4, 0.5) is 0 Å². The van der Waals surface area contributed by atoms with Crippen molar-refractivity contribution in [2.24, 2.45) is 5.73 Å². The molecule has 0 unspecified atom stereocenters. The first-order chi connectivity index (χ1) is 8.99. The fourth-order valence-electron chi connectivity index (χ4n) is 2.07. The predicted octanol–water partition coefficient (Wildman–Crippen LogP) is 1.66. The van der Waals surface area contributed by atoms with Gasteiger partial charge in [0.15, 0.2) is 0 Å². The summed E-state index contributed by atoms with van der Waals surface area (Å²) in [6.45, 7) is 5.22. The molecule has 1 aromatic rings. The van der Waals surface area contributed by atoms with Crippen LogP contribution in [-0.2, 0) is 11.2 Å². The molecule has 1 amide bonds. The molecule has 0 aliphatic heterocycles. The second kappa shape index (κ2) is 7.14. The van der Waals surface area contributed by atoms with Gasteiger partial charge in [-0.3, -0.25) is 4.79 Å². The molecule has 0 aromatic heterocycles. The van der Waals surface area contributed by atoms with Crippen LogP contribution in [-0.4, -0.2) is 38.1 Å². The summed E-state index contributed by atoms with van der Waals surface area (Å²) >= 11 is 0. The standard InChI is InChI=1S/C15H24N2O2/c1-11-10-14(19-4)12(2)9-13(11)6-8-17(3)15(18)5-7-16/h9-10H,5-8,16H2,1-4H3. The second-order valence-electron chi connectivity index (χ2n) is 4.85. The van der Waals surface area contributed by atoms with E-state index in [0.717, 1.165) is 17.7 Å². The molecule has 0 saturated carbocycles. The van der Waals surface area contributed by atoms with Crippen molar-refractivity contribution >= 4 is 5.91 Å². The number of rotatable bonds is 6. The van der Waals surface area contributed by atoms with Crippen molar-refractivity contribution in [1.29, 1.82) is 0 Å². The lowest BCUT2D eigenvalue weighted by atomic mass is 10.0. The van der Waals surface area contributed by atoms with Crippen molar-refractivity contribution in [3.8, 4) is 5.75 Å². The van der Waals surface area contributed by atoms with Crippen LogP contribution in [0.5, 0.6) is 5.75 Å². The Bertz CT molecular complexity index is 444. The minimum Gasteiger partial charge on any atom is -0.496 e. The highest BCUT2D eigenvalue weighted by Crippen LogP contribution is 2.22. The maximum Gasteiger partial charge on any atom is 0.223 e. The van der Waals surface area contributed by atoms with Gasteiger partial charge in [0.25, 0.3) is 0 Å². The lowest BCUT2D eigenvalue weighted by Gasteiger charge is -2.18. The van der Waals surface area contributed by atoms with E-state index in [0.29, 0.717) is 19.5 Å². The van der Waals surface area contributed by atoms with Gasteiger partial charge in [0, 0.05) is 26.6 Å². The third-order valence-electron chi connectivity index (χ3n) is 3.35. The Balaban J connectivity index is 2.68. The van der Waals surface area contributed by atoms with Crippen molar-refractivity contribution in [1.82, 2.24) is 4.90 Å². The van der Waals surface area contributed by atoms with Gasteiger partial charge in [0.05, 0.1) is 7.11 Å². The number of carbonyl (C=O) groups excluding carboxylic acids is 1. The molecule has 1 aromatic carbocycles. The maximum absolute atomic E-state index is 11.6. The average Bonchev–Trinajstić information content (AvgIpc) is 2.39. The van der Waals surface area contributed by atoms with Crippen molar-refractivity contribution in [3.63, 3.8) is 0 Å². The van der Waals surface area contributed by atoms with E-state index in [4.69, 9.17) is 10.5 Å². The Morgan fingerprint density at radius 2 is 2.00 bits per heavy atom. The summed E-state index contributed by atoms with van der Waals surface area (Å²) in [4.78, 5) is 13.4. The van der Waals surface area contributed by atoms with Crippen LogP contribution in [0, 0.1) is 13.8 Å². The lowest BCUT2D eigenvalue weighted by Crippen LogP contribution is -2.30. The monoisotopic (exact) mass is 264 g/mol. The normalized spacial score (nSPS) is 10.4. The first-order valence-electron chi connectivity index (χ1n) is 6.57. The van der Waals surface area contributed by atoms with Crippen molar-refractivity contribution < 1.29 is 9.53 Å². The topological polar surface area (TPSA) is 55.6 Å². The number of amides is 1. The Morgan fingerprint density at radius 3 is 2.58 bits per heavy atom. The second-order valence-corrected chi connectivity index (χ2v) is 4.85. The summed E-state index contributed by atoms with van der Waals surface area (Å²) in [6.07, 6.45) is 1.26. The first-order valence-corrected chi connectivity index (χ1v) is 6.57. The van der Waals surface area contributed by atoms with E-state index in [2.05, 4.69) is 13.0 Å². The predicted molar refractivity (Wildman–Crippen MR) is 77.5 cm³/mol. The number of hydrogen-bond acceptors (Lipinski definition) is 3. The molecule has 0 heterocycles. The van der Waals surface area contributed by atoms with Gasteiger partial charge in [-0.15, -0.1) is 0 Å². The zero-order chi connectivity index (χ0) is 14.4. The van der Waals surface area contributed by atoms with Gasteiger partial charge < -0.3 is 15.4 Å². The Labute approximate surface area is 115 Å². The third kappa shape index (κ3) is 4.24. The van der Waals surface area contributed by atoms with E-state index in [-0.39, 0.29) is 5.91 Å². The zero-order valence-corrected chi connectivity index (χ0v) is 12.3. The van der Waals surface area contributed by atoms with E-state index >= 15 is 0 Å². The Kier molecular flexibility index (Phi) is 5.83. The summed E-state index contributed by atoms with van der Waals surface area (Å²) in [7, 11) is 3.50. The molecule has 0 spiro atoms. The van der Waals surface area contributed by atoms with Crippen LogP contribution in [0.3, 0.4) is 0 Å². The van der Waals surface area contributed by atoms with Gasteiger partial charge in [-0.25, -0.2) is 0 Å². The Morgan fingerprint density at radius 1 is 1.32 bits per heavy atom. The van der Waals surface area contributed by atoms with E-state index in [1.807, 2.05) is 20.0 Å². The quantitative estimate of drug-likeness (QED) is 0.850. The molecule has 0 fully saturated rings. The molecule has 0 aliphatic rings. The molecule has 0 radical (unpaired) electrons. The van der Waals surface area contributed by atoms with Gasteiger partial charge in [0.1, 0.15) is 5.75 Å². The van der Waals surface area contributed by atoms with Crippen molar-refractivity contribution in [2.45, 2.75) is 26.7 Å². The van der Waals surface area contributed by atoms with Crippen LogP contribution in [0.2, 0.25) is 0 Å². The van der Waals surface area contributed by atoms with Crippen LogP contribution in [0.1, 0.15) is 23.1 Å². The van der Waals surface area contributed by atoms with Crippen LogP contribution in [0.25, 0.3) is 0 Å². The number of likely N-dealkylation sites (N-methyl/N-ethyl adjacent to an activating group) is 1. The maximum atomic E-state index is 11.6. The summed E-state index contributed by atoms with van der Waals surface area (Å²) in [5, 5.41) is 0. The van der Waals surface area contributed by atoms with Gasteiger partial charge >= 0.3 is 0 Å². The smallest absolute Gasteiger partial charge is 0.223 e. The SMILES string of the molecule is COc1cc(C)c(CCN(C)C(=O)CCN)cc1C. The van der Waals surface area contributed by atoms with Crippen LogP contribution in [0.15, 0.2) is 12.1 Å². The van der Waals surface area contributed by atoms with E-state index in [9.17, 15) is 4.79 Å². The molecule has 106 valence electrons. The number of carbonyl (C=O) groups is 1. The number of ether oxygens (including phenoxy) is 1. The van der Waals surface area contributed by atoms with E-state index in [1.54, 1.807) is 12.0 Å². The van der Waals surface area contributed by atoms with Gasteiger partial charge in [-0.2, -0.15) is 0 Å². The van der Waals surface area contributed by atoms with Crippen LogP contribution < -0.4 is 10.5 Å². The highest BCUT2D eigenvalue weighted by molar-refractivity contribution is 5.76. The molecular weight excluding hydrogens is 240 g/mol. The van der Waals surface area contributed by atoms with E-state index < -0.39 is 0 Å². The zero-order valence-electron chi connectivity index (χ0n) is 12.3. The summed E-state index contributed by atoms with van der Waals surface area (Å²) < 4.78 is 5.30. The summed E-state index contributed by atoms with van der Waals surface area (Å²) in [6, 6.07) is 4.18. The van der Waals surface area contributed by atoms with Gasteiger partial charge in [-0.05, 0) is 43.0 Å². The molecular formula is C15H24N2O2. The van der Waals surface area contributed by atoms with Crippen LogP contribution >= 0.6 is 0 Å². The summed E-state index contributed by atoms with van der Waals surface area (Å²) in [5.41, 5.74) is 8.96. The number of nitrogens with two attached hydrogens (primary N) is 1. The third-order valence-corrected chi connectivity index (χ3v) is 3.35. The fraction of sp³-hybridized carbons (Fsp3) is 0.533. The minimum atomic E-state index is 0.102. The highest BCUT2D eigenvalue weighted by Gasteiger charge is 2.09. The molecule has 0 saturated heterocycles. The molecule has 4 nitrogen and oxygen atoms in total. The molecule has 1 rings (SSSR count). The Hall–Kier alpha value is -1.55. The molecule has 2 N–H and O–H groups in total. The number of aryl methyl sites for hydroxylation is 2. The average molecular weight is 264 g/mol. The number of methoxy groups -OCH3 is 1. The fourth-order valence-corrected chi connectivity index (χ4v) is 2.07. The number of nitrogens with zero attached hydrogens (tertiary/aromatic N) is 1. The van der Waals surface area contributed by atoms with Gasteiger partial charge in [-0.1, -0.05) is 6.07 Å². The lowest BCUT2D eigenvalue weighted by molar-refractivity contribution is -0.129. The first kappa shape index (κ1) is 15.5. The number of benzene rings is 1. The molecule has 4 heteroatoms. The largest absolute Gasteiger partial charge is 0.496 e. The molecule has 19 heavy (non-hydrogen) atoms. The van der Waals surface area contributed by atoms with Gasteiger partial charge in [0.2, 0.25) is 5.91 Å². The van der Waals surface area contributed by atoms with E-state index in [1.165, 1.54) is 11.1 Å². The molecule has 0 bridgehead atoms. The van der Waals surface area contributed by atoms with Crippen molar-refractivity contribution in [3.05, 3.63) is 28.8 Å².